The van der Waals surface area contributed by atoms with E-state index in [0.29, 0.717) is 28.9 Å². The molecule has 1 heterocycles. The smallest absolute Gasteiger partial charge is 0.341 e. The van der Waals surface area contributed by atoms with Crippen molar-refractivity contribution in [2.75, 3.05) is 6.61 Å². The van der Waals surface area contributed by atoms with Crippen LogP contribution in [0.1, 0.15) is 32.6 Å². The number of benzene rings is 3. The lowest BCUT2D eigenvalue weighted by Gasteiger charge is -2.16. The normalized spacial score (nSPS) is 10.4. The number of nitriles is 1. The molecule has 0 aliphatic heterocycles. The molecule has 3 aromatic carbocycles. The maximum atomic E-state index is 11.6. The largest absolute Gasteiger partial charge is 0.488 e. The van der Waals surface area contributed by atoms with Crippen molar-refractivity contribution in [1.82, 2.24) is 4.98 Å². The second-order valence-electron chi connectivity index (χ2n) is 8.51. The maximum absolute atomic E-state index is 11.6. The Morgan fingerprint density at radius 1 is 1.03 bits per heavy atom. The summed E-state index contributed by atoms with van der Waals surface area (Å²) in [5.41, 5.74) is 5.03. The van der Waals surface area contributed by atoms with Gasteiger partial charge < -0.3 is 19.3 Å². The van der Waals surface area contributed by atoms with Crippen molar-refractivity contribution >= 4 is 23.9 Å². The Morgan fingerprint density at radius 3 is 2.59 bits per heavy atom. The van der Waals surface area contributed by atoms with Gasteiger partial charge in [0.1, 0.15) is 36.5 Å². The van der Waals surface area contributed by atoms with Crippen molar-refractivity contribution in [2.45, 2.75) is 20.1 Å². The number of aromatic nitrogens is 1. The molecule has 0 bridgehead atoms. The van der Waals surface area contributed by atoms with Crippen LogP contribution in [0.5, 0.6) is 17.2 Å². The summed E-state index contributed by atoms with van der Waals surface area (Å²) in [7, 11) is 0. The van der Waals surface area contributed by atoms with Crippen LogP contribution in [0, 0.1) is 18.3 Å². The molecule has 4 aromatic rings. The highest BCUT2D eigenvalue weighted by molar-refractivity contribution is 6.32. The maximum Gasteiger partial charge on any atom is 0.341 e. The van der Waals surface area contributed by atoms with Crippen molar-refractivity contribution in [3.8, 4) is 34.4 Å². The fraction of sp³-hybridized carbons (Fsp3) is 0.133. The third-order valence-corrected chi connectivity index (χ3v) is 6.14. The summed E-state index contributed by atoms with van der Waals surface area (Å²) in [6.45, 7) is 1.84. The van der Waals surface area contributed by atoms with Gasteiger partial charge in [-0.2, -0.15) is 5.26 Å². The van der Waals surface area contributed by atoms with Gasteiger partial charge in [-0.25, -0.2) is 4.79 Å². The van der Waals surface area contributed by atoms with Crippen LogP contribution in [-0.2, 0) is 18.0 Å². The third-order valence-electron chi connectivity index (χ3n) is 5.85. The van der Waals surface area contributed by atoms with E-state index in [1.54, 1.807) is 36.5 Å². The second-order valence-corrected chi connectivity index (χ2v) is 8.92. The molecule has 0 aliphatic rings. The number of carbonyl (C=O) groups is 2. The zero-order chi connectivity index (χ0) is 27.8. The van der Waals surface area contributed by atoms with Gasteiger partial charge in [-0.3, -0.25) is 9.78 Å². The number of pyridine rings is 1. The number of hydrogen-bond acceptors (Lipinski definition) is 7. The Balaban J connectivity index is 1.52. The lowest BCUT2D eigenvalue weighted by Crippen LogP contribution is -2.09. The summed E-state index contributed by atoms with van der Waals surface area (Å²) in [5, 5.41) is 18.2. The van der Waals surface area contributed by atoms with E-state index < -0.39 is 12.6 Å². The third kappa shape index (κ3) is 6.92. The minimum atomic E-state index is -1.05. The topological polar surface area (TPSA) is 119 Å². The molecule has 196 valence electrons. The van der Waals surface area contributed by atoms with Gasteiger partial charge >= 0.3 is 5.97 Å². The van der Waals surface area contributed by atoms with Gasteiger partial charge in [-0.05, 0) is 53.4 Å². The van der Waals surface area contributed by atoms with Crippen molar-refractivity contribution in [3.05, 3.63) is 106 Å². The van der Waals surface area contributed by atoms with Crippen LogP contribution < -0.4 is 14.2 Å². The molecule has 0 spiro atoms. The van der Waals surface area contributed by atoms with Crippen LogP contribution in [-0.4, -0.2) is 29.0 Å². The minimum absolute atomic E-state index is 0.0980. The van der Waals surface area contributed by atoms with Gasteiger partial charge in [-0.1, -0.05) is 41.9 Å². The van der Waals surface area contributed by atoms with Crippen LogP contribution in [0.2, 0.25) is 5.02 Å². The van der Waals surface area contributed by atoms with E-state index in [1.165, 1.54) is 12.3 Å². The van der Waals surface area contributed by atoms with E-state index in [4.69, 9.17) is 36.2 Å². The highest BCUT2D eigenvalue weighted by atomic mass is 35.5. The molecule has 0 saturated heterocycles. The number of carboxylic acids is 1. The Labute approximate surface area is 230 Å². The van der Waals surface area contributed by atoms with Crippen LogP contribution in [0.15, 0.2) is 73.1 Å². The zero-order valence-corrected chi connectivity index (χ0v) is 21.6. The van der Waals surface area contributed by atoms with Crippen molar-refractivity contribution < 1.29 is 28.9 Å². The zero-order valence-electron chi connectivity index (χ0n) is 20.9. The van der Waals surface area contributed by atoms with E-state index in [2.05, 4.69) is 4.98 Å². The molecule has 0 fully saturated rings. The molecule has 0 amide bonds. The summed E-state index contributed by atoms with van der Waals surface area (Å²) in [4.78, 5) is 26.5. The fourth-order valence-corrected chi connectivity index (χ4v) is 4.10. The van der Waals surface area contributed by atoms with E-state index in [9.17, 15) is 9.59 Å². The monoisotopic (exact) mass is 542 g/mol. The summed E-state index contributed by atoms with van der Waals surface area (Å²) in [6.07, 6.45) is 3.69. The fourth-order valence-electron chi connectivity index (χ4n) is 3.87. The summed E-state index contributed by atoms with van der Waals surface area (Å²) in [5.74, 6) is 0.0421. The quantitative estimate of drug-likeness (QED) is 0.229. The van der Waals surface area contributed by atoms with Gasteiger partial charge in [0.15, 0.2) is 12.9 Å². The molecule has 0 atom stereocenters. The first-order valence-corrected chi connectivity index (χ1v) is 12.2. The van der Waals surface area contributed by atoms with E-state index in [1.807, 2.05) is 37.3 Å². The molecule has 0 aliphatic carbocycles. The highest BCUT2D eigenvalue weighted by Crippen LogP contribution is 2.34. The number of rotatable bonds is 11. The molecular formula is C30H23ClN2O6. The van der Waals surface area contributed by atoms with Crippen LogP contribution in [0.3, 0.4) is 0 Å². The number of nitrogens with zero attached hydrogens (tertiary/aromatic N) is 2. The number of aldehydes is 1. The average Bonchev–Trinajstić information content (AvgIpc) is 2.95. The summed E-state index contributed by atoms with van der Waals surface area (Å²) < 4.78 is 17.2. The molecule has 1 aromatic heterocycles. The molecule has 1 N–H and O–H groups in total. The molecule has 0 radical (unpaired) electrons. The van der Waals surface area contributed by atoms with E-state index in [0.717, 1.165) is 22.3 Å². The number of aliphatic carboxylic acids is 1. The number of halogens is 1. The lowest BCUT2D eigenvalue weighted by molar-refractivity contribution is -0.139. The van der Waals surface area contributed by atoms with Gasteiger partial charge in [-0.15, -0.1) is 0 Å². The number of hydrogen-bond donors (Lipinski definition) is 1. The van der Waals surface area contributed by atoms with Crippen molar-refractivity contribution in [2.24, 2.45) is 0 Å². The van der Waals surface area contributed by atoms with Crippen LogP contribution in [0.25, 0.3) is 11.1 Å². The summed E-state index contributed by atoms with van der Waals surface area (Å²) >= 11 is 6.40. The highest BCUT2D eigenvalue weighted by Gasteiger charge is 2.14. The molecule has 0 saturated carbocycles. The van der Waals surface area contributed by atoms with Gasteiger partial charge in [0.05, 0.1) is 16.1 Å². The van der Waals surface area contributed by atoms with Gasteiger partial charge in [0.25, 0.3) is 0 Å². The molecule has 39 heavy (non-hydrogen) atoms. The Hall–Kier alpha value is -4.87. The van der Waals surface area contributed by atoms with Crippen molar-refractivity contribution in [3.63, 3.8) is 0 Å². The average molecular weight is 543 g/mol. The molecule has 4 rings (SSSR count). The number of carboxylic acid groups (broad SMARTS) is 1. The molecular weight excluding hydrogens is 520 g/mol. The SMILES string of the molecule is Cc1c(COc2cc(OCc3cncc(C#N)c3)c(C=O)cc2Cl)cccc1-c1cccc(OCC(=O)O)c1. The Bertz CT molecular complexity index is 1560. The van der Waals surface area contributed by atoms with Crippen LogP contribution >= 0.6 is 11.6 Å². The molecule has 0 unspecified atom stereocenters. The minimum Gasteiger partial charge on any atom is -0.488 e. The van der Waals surface area contributed by atoms with Gasteiger partial charge in [0, 0.05) is 24.0 Å². The van der Waals surface area contributed by atoms with E-state index >= 15 is 0 Å². The Kier molecular flexibility index (Phi) is 8.77. The lowest BCUT2D eigenvalue weighted by atomic mass is 9.96. The van der Waals surface area contributed by atoms with Crippen molar-refractivity contribution in [1.29, 1.82) is 5.26 Å². The standard InChI is InChI=1S/C30H23ClN2O6/c1-19-23(5-3-7-26(19)22-4-2-6-25(9-22)37-18-30(35)36)17-39-29-11-28(24(15-34)10-27(29)31)38-16-21-8-20(12-32)13-33-14-21/h2-11,13-15H,16-18H2,1H3,(H,35,36). The first-order chi connectivity index (χ1) is 18.9. The van der Waals surface area contributed by atoms with E-state index in [-0.39, 0.29) is 29.5 Å². The summed E-state index contributed by atoms with van der Waals surface area (Å²) in [6, 6.07) is 19.7. The predicted octanol–water partition coefficient (Wildman–Crippen LogP) is 6.02. The Morgan fingerprint density at radius 2 is 1.82 bits per heavy atom. The number of ether oxygens (including phenoxy) is 3. The first kappa shape index (κ1) is 27.2. The van der Waals surface area contributed by atoms with Crippen LogP contribution in [0.4, 0.5) is 0 Å². The number of carbonyl (C=O) groups excluding carboxylic acids is 1. The van der Waals surface area contributed by atoms with Gasteiger partial charge in [0.2, 0.25) is 0 Å². The predicted molar refractivity (Wildman–Crippen MR) is 144 cm³/mol. The molecule has 8 nitrogen and oxygen atoms in total. The molecule has 9 heteroatoms. The second kappa shape index (κ2) is 12.6. The first-order valence-electron chi connectivity index (χ1n) is 11.8.